The third-order valence-electron chi connectivity index (χ3n) is 2.66. The van der Waals surface area contributed by atoms with E-state index in [1.54, 1.807) is 18.2 Å². The molecule has 0 aliphatic carbocycles. The Balaban J connectivity index is 2.60. The first-order chi connectivity index (χ1) is 8.65. The molecule has 1 unspecified atom stereocenters. The third kappa shape index (κ3) is 2.34. The molecule has 0 saturated carbocycles. The van der Waals surface area contributed by atoms with Crippen LogP contribution in [-0.4, -0.2) is 39.6 Å². The maximum atomic E-state index is 11.8. The first-order valence-corrected chi connectivity index (χ1v) is 5.48. The SMILES string of the molecule is COc1ccc2ncc(=O)n(CC(O)CO)c2c1. The van der Waals surface area contributed by atoms with Crippen LogP contribution in [0, 0.1) is 0 Å². The van der Waals surface area contributed by atoms with Crippen molar-refractivity contribution in [2.45, 2.75) is 12.6 Å². The highest BCUT2D eigenvalue weighted by atomic mass is 16.5. The van der Waals surface area contributed by atoms with E-state index in [-0.39, 0.29) is 12.1 Å². The number of aliphatic hydroxyl groups excluding tert-OH is 2. The van der Waals surface area contributed by atoms with Crippen LogP contribution >= 0.6 is 0 Å². The summed E-state index contributed by atoms with van der Waals surface area (Å²) in [4.78, 5) is 15.8. The van der Waals surface area contributed by atoms with E-state index >= 15 is 0 Å². The molecule has 1 aromatic carbocycles. The molecule has 0 radical (unpaired) electrons. The summed E-state index contributed by atoms with van der Waals surface area (Å²) in [7, 11) is 1.53. The highest BCUT2D eigenvalue weighted by molar-refractivity contribution is 5.76. The van der Waals surface area contributed by atoms with Gasteiger partial charge in [-0.25, -0.2) is 4.98 Å². The molecule has 0 bridgehead atoms. The summed E-state index contributed by atoms with van der Waals surface area (Å²) in [6.07, 6.45) is 0.207. The highest BCUT2D eigenvalue weighted by Crippen LogP contribution is 2.17. The molecule has 0 amide bonds. The smallest absolute Gasteiger partial charge is 0.269 e. The summed E-state index contributed by atoms with van der Waals surface area (Å²) < 4.78 is 6.46. The minimum atomic E-state index is -0.987. The fourth-order valence-electron chi connectivity index (χ4n) is 1.73. The van der Waals surface area contributed by atoms with Crippen LogP contribution in [0.5, 0.6) is 5.75 Å². The van der Waals surface area contributed by atoms with Crippen LogP contribution in [0.4, 0.5) is 0 Å². The van der Waals surface area contributed by atoms with Gasteiger partial charge in [0.2, 0.25) is 0 Å². The van der Waals surface area contributed by atoms with Gasteiger partial charge in [0.05, 0.1) is 43.6 Å². The van der Waals surface area contributed by atoms with E-state index in [0.29, 0.717) is 16.8 Å². The molecule has 0 spiro atoms. The molecule has 96 valence electrons. The van der Waals surface area contributed by atoms with Crippen molar-refractivity contribution in [3.8, 4) is 5.75 Å². The number of methoxy groups -OCH3 is 1. The molecule has 0 fully saturated rings. The Morgan fingerprint density at radius 2 is 2.28 bits per heavy atom. The minimum absolute atomic E-state index is 0.0154. The molecule has 2 N–H and O–H groups in total. The van der Waals surface area contributed by atoms with Gasteiger partial charge in [-0.15, -0.1) is 0 Å². The van der Waals surface area contributed by atoms with E-state index in [1.807, 2.05) is 0 Å². The van der Waals surface area contributed by atoms with Crippen LogP contribution in [-0.2, 0) is 6.54 Å². The molecule has 2 aromatic rings. The number of ether oxygens (including phenoxy) is 1. The second-order valence-corrected chi connectivity index (χ2v) is 3.90. The molecule has 1 atom stereocenters. The van der Waals surface area contributed by atoms with Crippen molar-refractivity contribution in [2.24, 2.45) is 0 Å². The van der Waals surface area contributed by atoms with Gasteiger partial charge in [-0.1, -0.05) is 0 Å². The Bertz CT molecular complexity index is 609. The number of aliphatic hydroxyl groups is 2. The van der Waals surface area contributed by atoms with Crippen LogP contribution in [0.3, 0.4) is 0 Å². The van der Waals surface area contributed by atoms with Gasteiger partial charge in [-0.3, -0.25) is 4.79 Å². The summed E-state index contributed by atoms with van der Waals surface area (Å²) >= 11 is 0. The highest BCUT2D eigenvalue weighted by Gasteiger charge is 2.10. The monoisotopic (exact) mass is 250 g/mol. The zero-order valence-corrected chi connectivity index (χ0v) is 9.91. The molecule has 18 heavy (non-hydrogen) atoms. The van der Waals surface area contributed by atoms with Crippen molar-refractivity contribution in [1.82, 2.24) is 9.55 Å². The maximum Gasteiger partial charge on any atom is 0.269 e. The lowest BCUT2D eigenvalue weighted by Gasteiger charge is -2.13. The average Bonchev–Trinajstić information content (AvgIpc) is 2.41. The quantitative estimate of drug-likeness (QED) is 0.782. The normalized spacial score (nSPS) is 12.6. The number of rotatable bonds is 4. The summed E-state index contributed by atoms with van der Waals surface area (Å²) in [6, 6.07) is 5.15. The van der Waals surface area contributed by atoms with E-state index in [2.05, 4.69) is 4.98 Å². The Morgan fingerprint density at radius 3 is 2.94 bits per heavy atom. The summed E-state index contributed by atoms with van der Waals surface area (Å²) in [5, 5.41) is 18.3. The fraction of sp³-hybridized carbons (Fsp3) is 0.333. The van der Waals surface area contributed by atoms with Gasteiger partial charge >= 0.3 is 0 Å². The van der Waals surface area contributed by atoms with Crippen molar-refractivity contribution in [2.75, 3.05) is 13.7 Å². The van der Waals surface area contributed by atoms with Gasteiger partial charge in [0.15, 0.2) is 0 Å². The van der Waals surface area contributed by atoms with Crippen LogP contribution in [0.1, 0.15) is 0 Å². The Morgan fingerprint density at radius 1 is 1.50 bits per heavy atom. The number of fused-ring (bicyclic) bond motifs is 1. The Labute approximate surface area is 103 Å². The first kappa shape index (κ1) is 12.5. The standard InChI is InChI=1S/C12H14N2O4/c1-18-9-2-3-10-11(4-9)14(6-8(16)7-15)12(17)5-13-10/h2-5,8,15-16H,6-7H2,1H3. The van der Waals surface area contributed by atoms with Crippen molar-refractivity contribution in [1.29, 1.82) is 0 Å². The number of aromatic nitrogens is 2. The van der Waals surface area contributed by atoms with Crippen molar-refractivity contribution in [3.05, 3.63) is 34.7 Å². The van der Waals surface area contributed by atoms with Crippen LogP contribution in [0.2, 0.25) is 0 Å². The summed E-state index contributed by atoms with van der Waals surface area (Å²) in [5.74, 6) is 0.599. The zero-order chi connectivity index (χ0) is 13.1. The van der Waals surface area contributed by atoms with Gasteiger partial charge in [0, 0.05) is 6.07 Å². The van der Waals surface area contributed by atoms with Gasteiger partial charge in [0.25, 0.3) is 5.56 Å². The molecule has 0 aliphatic rings. The van der Waals surface area contributed by atoms with Gasteiger partial charge in [-0.2, -0.15) is 0 Å². The molecule has 2 rings (SSSR count). The maximum absolute atomic E-state index is 11.8. The average molecular weight is 250 g/mol. The third-order valence-corrected chi connectivity index (χ3v) is 2.66. The van der Waals surface area contributed by atoms with E-state index in [0.717, 1.165) is 0 Å². The minimum Gasteiger partial charge on any atom is -0.497 e. The van der Waals surface area contributed by atoms with Gasteiger partial charge < -0.3 is 19.5 Å². The summed E-state index contributed by atoms with van der Waals surface area (Å²) in [6.45, 7) is -0.387. The fourth-order valence-corrected chi connectivity index (χ4v) is 1.73. The topological polar surface area (TPSA) is 84.6 Å². The van der Waals surface area contributed by atoms with Crippen molar-refractivity contribution >= 4 is 11.0 Å². The lowest BCUT2D eigenvalue weighted by molar-refractivity contribution is 0.0814. The van der Waals surface area contributed by atoms with Crippen LogP contribution in [0.25, 0.3) is 11.0 Å². The molecule has 6 nitrogen and oxygen atoms in total. The van der Waals surface area contributed by atoms with E-state index in [9.17, 15) is 9.90 Å². The van der Waals surface area contributed by atoms with Crippen molar-refractivity contribution < 1.29 is 14.9 Å². The molecular weight excluding hydrogens is 236 g/mol. The predicted octanol–water partition coefficient (Wildman–Crippen LogP) is -0.242. The molecule has 1 heterocycles. The van der Waals surface area contributed by atoms with Gasteiger partial charge in [0.1, 0.15) is 5.75 Å². The lowest BCUT2D eigenvalue weighted by Crippen LogP contribution is -2.28. The summed E-state index contributed by atoms with van der Waals surface area (Å²) in [5.41, 5.74) is 0.859. The number of nitrogens with zero attached hydrogens (tertiary/aromatic N) is 2. The predicted molar refractivity (Wildman–Crippen MR) is 65.6 cm³/mol. The van der Waals surface area contributed by atoms with E-state index in [1.165, 1.54) is 17.9 Å². The second-order valence-electron chi connectivity index (χ2n) is 3.90. The molecule has 1 aromatic heterocycles. The number of hydrogen-bond donors (Lipinski definition) is 2. The molecular formula is C12H14N2O4. The zero-order valence-electron chi connectivity index (χ0n) is 9.91. The number of hydrogen-bond acceptors (Lipinski definition) is 5. The van der Waals surface area contributed by atoms with Crippen LogP contribution in [0.15, 0.2) is 29.2 Å². The first-order valence-electron chi connectivity index (χ1n) is 5.48. The Kier molecular flexibility index (Phi) is 3.59. The second kappa shape index (κ2) is 5.16. The Hall–Kier alpha value is -1.92. The lowest BCUT2D eigenvalue weighted by atomic mass is 10.2. The van der Waals surface area contributed by atoms with Crippen LogP contribution < -0.4 is 10.3 Å². The van der Waals surface area contributed by atoms with Crippen molar-refractivity contribution in [3.63, 3.8) is 0 Å². The molecule has 6 heteroatoms. The van der Waals surface area contributed by atoms with Gasteiger partial charge in [-0.05, 0) is 12.1 Å². The van der Waals surface area contributed by atoms with E-state index < -0.39 is 12.7 Å². The number of benzene rings is 1. The molecule has 0 saturated heterocycles. The largest absolute Gasteiger partial charge is 0.497 e. The molecule has 0 aliphatic heterocycles. The van der Waals surface area contributed by atoms with E-state index in [4.69, 9.17) is 9.84 Å².